The Morgan fingerprint density at radius 2 is 0.838 bits per heavy atom. The van der Waals surface area contributed by atoms with Gasteiger partial charge >= 0.3 is 17.9 Å². The van der Waals surface area contributed by atoms with Crippen molar-refractivity contribution in [2.45, 2.75) is 174 Å². The molecule has 0 saturated carbocycles. The molecule has 0 saturated heterocycles. The Hall–Kier alpha value is -7.96. The molecule has 0 spiro atoms. The minimum atomic E-state index is -1.78. The van der Waals surface area contributed by atoms with E-state index in [0.717, 1.165) is 5.56 Å². The average Bonchev–Trinajstić information content (AvgIpc) is 3.39. The van der Waals surface area contributed by atoms with E-state index < -0.39 is 175 Å². The van der Waals surface area contributed by atoms with Crippen LogP contribution in [0.15, 0.2) is 60.7 Å². The summed E-state index contributed by atoms with van der Waals surface area (Å²) in [5.41, 5.74) is 13.1. The molecule has 80 heavy (non-hydrogen) atoms. The summed E-state index contributed by atoms with van der Waals surface area (Å²) in [4.78, 5) is 159. The predicted octanol–water partition coefficient (Wildman–Crippen LogP) is 0.161. The first-order valence-corrected chi connectivity index (χ1v) is 26.8. The van der Waals surface area contributed by atoms with E-state index in [1.807, 2.05) is 6.07 Å². The van der Waals surface area contributed by atoms with Gasteiger partial charge in [0.15, 0.2) is 0 Å². The molecule has 0 aliphatic rings. The number of nitrogens with two attached hydrogens (primary N) is 2. The summed E-state index contributed by atoms with van der Waals surface area (Å²) < 4.78 is 0. The van der Waals surface area contributed by atoms with Crippen LogP contribution in [0.3, 0.4) is 0 Å². The topological polar surface area (TPSA) is 414 Å². The van der Waals surface area contributed by atoms with E-state index in [-0.39, 0.29) is 31.6 Å². The molecule has 442 valence electrons. The van der Waals surface area contributed by atoms with Gasteiger partial charge < -0.3 is 69.3 Å². The summed E-state index contributed by atoms with van der Waals surface area (Å²) in [6.45, 7) is 13.2. The zero-order chi connectivity index (χ0) is 60.4. The van der Waals surface area contributed by atoms with Gasteiger partial charge in [-0.05, 0) is 60.5 Å². The molecule has 0 aliphatic heterocycles. The molecule has 11 unspecified atom stereocenters. The van der Waals surface area contributed by atoms with Gasteiger partial charge in [0.2, 0.25) is 53.2 Å². The number of benzene rings is 2. The van der Waals surface area contributed by atoms with Crippen LogP contribution < -0.4 is 54.0 Å². The van der Waals surface area contributed by atoms with Crippen LogP contribution in [0.1, 0.15) is 118 Å². The number of aliphatic carboxylic acids is 3. The first-order chi connectivity index (χ1) is 37.6. The van der Waals surface area contributed by atoms with Crippen molar-refractivity contribution in [2.75, 3.05) is 0 Å². The van der Waals surface area contributed by atoms with Gasteiger partial charge in [0, 0.05) is 19.3 Å². The van der Waals surface area contributed by atoms with Gasteiger partial charge in [0.05, 0.1) is 12.5 Å². The Morgan fingerprint density at radius 3 is 1.27 bits per heavy atom. The molecular weight excluding hydrogens is 1040 g/mol. The number of carbonyl (C=O) groups is 12. The van der Waals surface area contributed by atoms with Crippen molar-refractivity contribution in [1.29, 1.82) is 0 Å². The monoisotopic (exact) mass is 1120 g/mol. The fraction of sp³-hybridized carbons (Fsp3) is 0.564. The standard InChI is InChI=1S/C55H82N10O15/c1-9-31(7)45(64-47(71)35(56)26-33-17-13-11-14-18-33)53(77)60-38(27-34-19-15-12-16-20-34)50(74)59-36(21-23-41(57)66)48(72)58-37(22-24-42(67)68)49(73)63-44(30(5)6)52(76)65-46(32(8)10-2)54(78)61-39(28-43(69)70)51(75)62-40(55(79)80)25-29(3)4/h11-20,29-32,35-40,44-46H,9-10,21-28,56H2,1-8H3,(H2,57,66)(H,58,72)(H,59,74)(H,60,77)(H,61,78)(H,62,75)(H,63,73)(H,64,71)(H,65,76)(H,67,68)(H,69,70)(H,79,80). The number of hydrogen-bond acceptors (Lipinski definition) is 13. The number of hydrogen-bond donors (Lipinski definition) is 13. The molecule has 0 aromatic heterocycles. The minimum Gasteiger partial charge on any atom is -0.481 e. The summed E-state index contributed by atoms with van der Waals surface area (Å²) in [6.07, 6.45) is -2.45. The molecular formula is C55H82N10O15. The zero-order valence-electron chi connectivity index (χ0n) is 46.7. The highest BCUT2D eigenvalue weighted by molar-refractivity contribution is 5.99. The lowest BCUT2D eigenvalue weighted by atomic mass is 9.95. The van der Waals surface area contributed by atoms with E-state index in [1.165, 1.54) is 13.8 Å². The number of carboxylic acids is 3. The lowest BCUT2D eigenvalue weighted by Gasteiger charge is -2.30. The maximum absolute atomic E-state index is 14.4. The second-order valence-electron chi connectivity index (χ2n) is 20.8. The molecule has 25 heteroatoms. The van der Waals surface area contributed by atoms with Crippen LogP contribution in [0.2, 0.25) is 0 Å². The minimum absolute atomic E-state index is 0.0109. The van der Waals surface area contributed by atoms with Crippen molar-refractivity contribution in [2.24, 2.45) is 35.1 Å². The maximum atomic E-state index is 14.4. The van der Waals surface area contributed by atoms with Crippen molar-refractivity contribution in [3.8, 4) is 0 Å². The summed E-state index contributed by atoms with van der Waals surface area (Å²) in [7, 11) is 0. The van der Waals surface area contributed by atoms with E-state index in [0.29, 0.717) is 12.0 Å². The van der Waals surface area contributed by atoms with Gasteiger partial charge in [-0.1, -0.05) is 129 Å². The van der Waals surface area contributed by atoms with Gasteiger partial charge in [-0.2, -0.15) is 0 Å². The van der Waals surface area contributed by atoms with Gasteiger partial charge in [-0.25, -0.2) is 4.79 Å². The fourth-order valence-electron chi connectivity index (χ4n) is 8.22. The first kappa shape index (κ1) is 68.1. The first-order valence-electron chi connectivity index (χ1n) is 26.8. The maximum Gasteiger partial charge on any atom is 0.326 e. The van der Waals surface area contributed by atoms with Gasteiger partial charge in [0.25, 0.3) is 0 Å². The number of primary amides is 1. The van der Waals surface area contributed by atoms with Crippen molar-refractivity contribution < 1.29 is 72.9 Å². The molecule has 0 fully saturated rings. The Morgan fingerprint density at radius 1 is 0.450 bits per heavy atom. The SMILES string of the molecule is CCC(C)C(NC(=O)C(N)Cc1ccccc1)C(=O)NC(Cc1ccccc1)C(=O)NC(CCC(N)=O)C(=O)NC(CCC(=O)O)C(=O)NC(C(=O)NC(C(=O)NC(CC(=O)O)C(=O)NC(CC(C)C)C(=O)O)C(C)CC)C(C)C. The Labute approximate surface area is 466 Å². The normalized spacial score (nSPS) is 15.3. The second kappa shape index (κ2) is 34.1. The third kappa shape index (κ3) is 24.0. The molecule has 11 atom stereocenters. The van der Waals surface area contributed by atoms with Crippen LogP contribution in [0.25, 0.3) is 0 Å². The zero-order valence-corrected chi connectivity index (χ0v) is 46.7. The molecule has 9 amide bonds. The van der Waals surface area contributed by atoms with E-state index in [1.54, 1.807) is 96.1 Å². The molecule has 0 radical (unpaired) electrons. The molecule has 25 nitrogen and oxygen atoms in total. The quantitative estimate of drug-likeness (QED) is 0.0432. The number of nitrogens with one attached hydrogen (secondary N) is 8. The van der Waals surface area contributed by atoms with E-state index >= 15 is 0 Å². The van der Waals surface area contributed by atoms with Crippen LogP contribution in [0.4, 0.5) is 0 Å². The third-order valence-electron chi connectivity index (χ3n) is 13.3. The van der Waals surface area contributed by atoms with Crippen LogP contribution in [0.5, 0.6) is 0 Å². The number of carboxylic acid groups (broad SMARTS) is 3. The lowest BCUT2D eigenvalue weighted by molar-refractivity contribution is -0.144. The largest absolute Gasteiger partial charge is 0.481 e. The van der Waals surface area contributed by atoms with Gasteiger partial charge in [-0.3, -0.25) is 52.7 Å². The van der Waals surface area contributed by atoms with Crippen molar-refractivity contribution in [1.82, 2.24) is 42.5 Å². The van der Waals surface area contributed by atoms with Crippen LogP contribution in [0, 0.1) is 23.7 Å². The number of amides is 9. The second-order valence-corrected chi connectivity index (χ2v) is 20.8. The smallest absolute Gasteiger partial charge is 0.326 e. The summed E-state index contributed by atoms with van der Waals surface area (Å²) in [5.74, 6) is -14.8. The molecule has 2 aromatic carbocycles. The van der Waals surface area contributed by atoms with Crippen molar-refractivity contribution in [3.05, 3.63) is 71.8 Å². The lowest BCUT2D eigenvalue weighted by Crippen LogP contribution is -2.62. The molecule has 0 aliphatic carbocycles. The fourth-order valence-corrected chi connectivity index (χ4v) is 8.22. The van der Waals surface area contributed by atoms with Gasteiger partial charge in [0.1, 0.15) is 48.3 Å². The number of rotatable bonds is 36. The summed E-state index contributed by atoms with van der Waals surface area (Å²) in [6, 6.07) is 4.33. The van der Waals surface area contributed by atoms with Crippen molar-refractivity contribution >= 4 is 71.1 Å². The van der Waals surface area contributed by atoms with E-state index in [9.17, 15) is 72.9 Å². The van der Waals surface area contributed by atoms with Crippen LogP contribution >= 0.6 is 0 Å². The molecule has 2 rings (SSSR count). The third-order valence-corrected chi connectivity index (χ3v) is 13.3. The van der Waals surface area contributed by atoms with Crippen LogP contribution in [-0.2, 0) is 70.4 Å². The molecule has 0 bridgehead atoms. The highest BCUT2D eigenvalue weighted by Crippen LogP contribution is 2.15. The van der Waals surface area contributed by atoms with Crippen molar-refractivity contribution in [3.63, 3.8) is 0 Å². The Balaban J connectivity index is 2.47. The summed E-state index contributed by atoms with van der Waals surface area (Å²) >= 11 is 0. The molecule has 0 heterocycles. The Kier molecular flexibility index (Phi) is 29.1. The molecule has 2 aromatic rings. The molecule has 15 N–H and O–H groups in total. The highest BCUT2D eigenvalue weighted by Gasteiger charge is 2.38. The van der Waals surface area contributed by atoms with E-state index in [4.69, 9.17) is 11.5 Å². The predicted molar refractivity (Wildman–Crippen MR) is 292 cm³/mol. The van der Waals surface area contributed by atoms with Gasteiger partial charge in [-0.15, -0.1) is 0 Å². The summed E-state index contributed by atoms with van der Waals surface area (Å²) in [5, 5.41) is 48.9. The highest BCUT2D eigenvalue weighted by atomic mass is 16.4. The van der Waals surface area contributed by atoms with E-state index in [2.05, 4.69) is 42.5 Å². The Bertz CT molecular complexity index is 2440. The number of carbonyl (C=O) groups excluding carboxylic acids is 9. The van der Waals surface area contributed by atoms with Crippen LogP contribution in [-0.4, -0.2) is 141 Å². The average molecular weight is 1120 g/mol.